The number of nitrogens with zero attached hydrogens (tertiary/aromatic N) is 3. The van der Waals surface area contributed by atoms with E-state index >= 15 is 0 Å². The van der Waals surface area contributed by atoms with Crippen LogP contribution >= 0.6 is 0 Å². The van der Waals surface area contributed by atoms with Crippen molar-refractivity contribution in [2.24, 2.45) is 4.99 Å². The molecule has 5 nitrogen and oxygen atoms in total. The Morgan fingerprint density at radius 1 is 0.926 bits per heavy atom. The lowest BCUT2D eigenvalue weighted by atomic mass is 9.89. The molecule has 1 aliphatic heterocycles. The smallest absolute Gasteiger partial charge is 0.265 e. The van der Waals surface area contributed by atoms with E-state index in [0.717, 1.165) is 5.69 Å². The second-order valence-corrected chi connectivity index (χ2v) is 6.19. The monoisotopic (exact) mass is 355 g/mol. The first-order valence-electron chi connectivity index (χ1n) is 8.68. The van der Waals surface area contributed by atoms with E-state index in [0.29, 0.717) is 23.4 Å². The highest BCUT2D eigenvalue weighted by Gasteiger charge is 2.38. The molecule has 27 heavy (non-hydrogen) atoms. The Morgan fingerprint density at radius 2 is 1.67 bits per heavy atom. The molecule has 3 aromatic rings. The molecular formula is C22H17N3O2. The normalized spacial score (nSPS) is 16.6. The molecule has 2 amide bonds. The van der Waals surface area contributed by atoms with Crippen LogP contribution in [0.2, 0.25) is 0 Å². The van der Waals surface area contributed by atoms with Crippen LogP contribution in [0.5, 0.6) is 0 Å². The summed E-state index contributed by atoms with van der Waals surface area (Å²) in [5, 5.41) is 0. The van der Waals surface area contributed by atoms with Crippen molar-refractivity contribution < 1.29 is 9.59 Å². The van der Waals surface area contributed by atoms with Crippen LogP contribution in [-0.2, 0) is 11.3 Å². The number of aliphatic imine (C=N–C) groups is 1. The largest absolute Gasteiger partial charge is 0.290 e. The third kappa shape index (κ3) is 3.27. The quantitative estimate of drug-likeness (QED) is 0.530. The summed E-state index contributed by atoms with van der Waals surface area (Å²) in [5.74, 6) is -1.21. The van der Waals surface area contributed by atoms with Crippen LogP contribution in [0.15, 0.2) is 84.0 Å². The van der Waals surface area contributed by atoms with Crippen molar-refractivity contribution in [1.82, 2.24) is 4.98 Å². The standard InChI is InChI=1S/C22H17N3O2/c26-21-19-12-5-4-11-18(19)20(15-23-14-16-8-6-7-13-24-16)22(27)25(21)17-9-2-1-3-10-17/h1-13,15,20H,14H2/t20-/m0/s1. The molecule has 0 aliphatic carbocycles. The van der Waals surface area contributed by atoms with Gasteiger partial charge >= 0.3 is 0 Å². The third-order valence-corrected chi connectivity index (χ3v) is 4.46. The molecule has 2 aromatic carbocycles. The van der Waals surface area contributed by atoms with Crippen LogP contribution in [0.4, 0.5) is 5.69 Å². The number of amides is 2. The highest BCUT2D eigenvalue weighted by Crippen LogP contribution is 2.31. The van der Waals surface area contributed by atoms with Gasteiger partial charge in [0.15, 0.2) is 0 Å². The zero-order valence-electron chi connectivity index (χ0n) is 14.5. The fraction of sp³-hybridized carbons (Fsp3) is 0.0909. The lowest BCUT2D eigenvalue weighted by Crippen LogP contribution is -2.45. The van der Waals surface area contributed by atoms with Crippen molar-refractivity contribution in [3.63, 3.8) is 0 Å². The number of carbonyl (C=O) groups excluding carboxylic acids is 2. The Kier molecular flexibility index (Phi) is 4.58. The second-order valence-electron chi connectivity index (χ2n) is 6.19. The van der Waals surface area contributed by atoms with Gasteiger partial charge in [0, 0.05) is 18.0 Å². The molecule has 1 atom stereocenters. The van der Waals surface area contributed by atoms with E-state index in [9.17, 15) is 9.59 Å². The van der Waals surface area contributed by atoms with Gasteiger partial charge in [-0.2, -0.15) is 0 Å². The van der Waals surface area contributed by atoms with Gasteiger partial charge in [-0.15, -0.1) is 0 Å². The van der Waals surface area contributed by atoms with Crippen LogP contribution < -0.4 is 4.90 Å². The Labute approximate surface area is 157 Å². The van der Waals surface area contributed by atoms with Gasteiger partial charge < -0.3 is 0 Å². The highest BCUT2D eigenvalue weighted by atomic mass is 16.2. The van der Waals surface area contributed by atoms with Gasteiger partial charge in [0.1, 0.15) is 0 Å². The maximum atomic E-state index is 13.1. The summed E-state index contributed by atoms with van der Waals surface area (Å²) in [5.41, 5.74) is 2.59. The van der Waals surface area contributed by atoms with Gasteiger partial charge in [-0.05, 0) is 35.9 Å². The first kappa shape index (κ1) is 16.8. The Bertz CT molecular complexity index is 1000. The molecule has 132 valence electrons. The predicted molar refractivity (Wildman–Crippen MR) is 104 cm³/mol. The number of benzene rings is 2. The minimum Gasteiger partial charge on any atom is -0.290 e. The number of fused-ring (bicyclic) bond motifs is 1. The predicted octanol–water partition coefficient (Wildman–Crippen LogP) is 3.62. The van der Waals surface area contributed by atoms with Gasteiger partial charge in [-0.3, -0.25) is 19.6 Å². The summed E-state index contributed by atoms with van der Waals surface area (Å²) >= 11 is 0. The van der Waals surface area contributed by atoms with Gasteiger partial charge in [0.2, 0.25) is 5.91 Å². The summed E-state index contributed by atoms with van der Waals surface area (Å²) in [6.45, 7) is 0.381. The van der Waals surface area contributed by atoms with Crippen molar-refractivity contribution in [2.45, 2.75) is 12.5 Å². The minimum atomic E-state index is -0.609. The number of para-hydroxylation sites is 1. The van der Waals surface area contributed by atoms with Gasteiger partial charge in [0.25, 0.3) is 5.91 Å². The zero-order chi connectivity index (χ0) is 18.6. The first-order chi connectivity index (χ1) is 13.3. The molecule has 4 rings (SSSR count). The molecule has 1 aromatic heterocycles. The third-order valence-electron chi connectivity index (χ3n) is 4.46. The van der Waals surface area contributed by atoms with E-state index in [1.807, 2.05) is 36.4 Å². The van der Waals surface area contributed by atoms with Crippen LogP contribution in [0.3, 0.4) is 0 Å². The van der Waals surface area contributed by atoms with Crippen LogP contribution in [0.1, 0.15) is 27.5 Å². The summed E-state index contributed by atoms with van der Waals surface area (Å²) in [7, 11) is 0. The number of hydrogen-bond donors (Lipinski definition) is 0. The fourth-order valence-corrected chi connectivity index (χ4v) is 3.16. The summed E-state index contributed by atoms with van der Waals surface area (Å²) in [4.78, 5) is 36.0. The van der Waals surface area contributed by atoms with Crippen molar-refractivity contribution in [1.29, 1.82) is 0 Å². The van der Waals surface area contributed by atoms with E-state index in [2.05, 4.69) is 9.98 Å². The zero-order valence-corrected chi connectivity index (χ0v) is 14.5. The average molecular weight is 355 g/mol. The van der Waals surface area contributed by atoms with Gasteiger partial charge in [-0.1, -0.05) is 42.5 Å². The number of hydrogen-bond acceptors (Lipinski definition) is 4. The Balaban J connectivity index is 1.70. The molecule has 0 saturated heterocycles. The minimum absolute atomic E-state index is 0.297. The summed E-state index contributed by atoms with van der Waals surface area (Å²) in [6.07, 6.45) is 3.33. The van der Waals surface area contributed by atoms with E-state index in [4.69, 9.17) is 0 Å². The number of carbonyl (C=O) groups is 2. The molecule has 2 heterocycles. The topological polar surface area (TPSA) is 62.6 Å². The van der Waals surface area contributed by atoms with E-state index < -0.39 is 5.92 Å². The maximum absolute atomic E-state index is 13.1. The summed E-state index contributed by atoms with van der Waals surface area (Å²) < 4.78 is 0. The number of pyridine rings is 1. The van der Waals surface area contributed by atoms with Crippen molar-refractivity contribution >= 4 is 23.7 Å². The van der Waals surface area contributed by atoms with Gasteiger partial charge in [-0.25, -0.2) is 4.90 Å². The molecule has 0 N–H and O–H groups in total. The van der Waals surface area contributed by atoms with Crippen molar-refractivity contribution in [2.75, 3.05) is 4.90 Å². The van der Waals surface area contributed by atoms with Crippen LogP contribution in [-0.4, -0.2) is 23.0 Å². The van der Waals surface area contributed by atoms with E-state index in [-0.39, 0.29) is 11.8 Å². The lowest BCUT2D eigenvalue weighted by molar-refractivity contribution is -0.118. The maximum Gasteiger partial charge on any atom is 0.265 e. The molecular weight excluding hydrogens is 338 g/mol. The fourth-order valence-electron chi connectivity index (χ4n) is 3.16. The SMILES string of the molecule is O=C1c2ccccc2[C@H](C=NCc2ccccn2)C(=O)N1c1ccccc1. The molecule has 5 heteroatoms. The molecule has 0 fully saturated rings. The van der Waals surface area contributed by atoms with Crippen LogP contribution in [0.25, 0.3) is 0 Å². The van der Waals surface area contributed by atoms with Crippen LogP contribution in [0, 0.1) is 0 Å². The van der Waals surface area contributed by atoms with Crippen molar-refractivity contribution in [3.8, 4) is 0 Å². The Morgan fingerprint density at radius 3 is 2.44 bits per heavy atom. The summed E-state index contributed by atoms with van der Waals surface area (Å²) in [6, 6.07) is 21.8. The number of anilines is 1. The van der Waals surface area contributed by atoms with Gasteiger partial charge in [0.05, 0.1) is 23.8 Å². The second kappa shape index (κ2) is 7.33. The number of rotatable bonds is 4. The van der Waals surface area contributed by atoms with Crippen molar-refractivity contribution in [3.05, 3.63) is 95.8 Å². The molecule has 0 spiro atoms. The molecule has 0 bridgehead atoms. The molecule has 1 aliphatic rings. The average Bonchev–Trinajstić information content (AvgIpc) is 2.72. The van der Waals surface area contributed by atoms with E-state index in [1.165, 1.54) is 4.90 Å². The highest BCUT2D eigenvalue weighted by molar-refractivity contribution is 6.29. The number of aromatic nitrogens is 1. The lowest BCUT2D eigenvalue weighted by Gasteiger charge is -2.30. The van der Waals surface area contributed by atoms with E-state index in [1.54, 1.807) is 48.8 Å². The first-order valence-corrected chi connectivity index (χ1v) is 8.68. The molecule has 0 radical (unpaired) electrons. The Hall–Kier alpha value is -3.60. The molecule has 0 saturated carbocycles. The molecule has 0 unspecified atom stereocenters. The number of imide groups is 1.